The van der Waals surface area contributed by atoms with Crippen LogP contribution < -0.4 is 19.1 Å². The molecule has 4 rings (SSSR count). The molecule has 158 valence electrons. The van der Waals surface area contributed by atoms with E-state index in [-0.39, 0.29) is 5.91 Å². The van der Waals surface area contributed by atoms with Gasteiger partial charge in [0.15, 0.2) is 11.5 Å². The van der Waals surface area contributed by atoms with E-state index < -0.39 is 0 Å². The topological polar surface area (TPSA) is 68.2 Å². The van der Waals surface area contributed by atoms with Gasteiger partial charge in [0.1, 0.15) is 12.2 Å². The Balaban J connectivity index is 1.42. The molecule has 7 nitrogen and oxygen atoms in total. The standard InChI is InChI=1S/C23H27N3O4/c1-28-20-9-8-17(21(29-2)22(20)30-3)15-25-10-12-26(13-11-25)23(27)19-14-16-6-4-5-7-18(16)24-19/h4-9,14,24H,10-13,15H2,1-3H3/p+1. The molecule has 0 bridgehead atoms. The van der Waals surface area contributed by atoms with Gasteiger partial charge in [0.2, 0.25) is 5.75 Å². The summed E-state index contributed by atoms with van der Waals surface area (Å²) in [5, 5.41) is 1.06. The zero-order chi connectivity index (χ0) is 21.1. The third-order valence-electron chi connectivity index (χ3n) is 5.74. The minimum atomic E-state index is 0.0638. The van der Waals surface area contributed by atoms with Crippen molar-refractivity contribution in [3.05, 3.63) is 53.7 Å². The van der Waals surface area contributed by atoms with Crippen molar-refractivity contribution in [2.45, 2.75) is 6.54 Å². The summed E-state index contributed by atoms with van der Waals surface area (Å²) < 4.78 is 16.5. The lowest BCUT2D eigenvalue weighted by molar-refractivity contribution is -0.917. The van der Waals surface area contributed by atoms with E-state index in [2.05, 4.69) is 4.98 Å². The first kappa shape index (κ1) is 20.1. The third kappa shape index (κ3) is 3.80. The normalized spacial score (nSPS) is 14.7. The van der Waals surface area contributed by atoms with Gasteiger partial charge in [-0.2, -0.15) is 0 Å². The molecule has 0 radical (unpaired) electrons. The van der Waals surface area contributed by atoms with E-state index in [1.54, 1.807) is 21.3 Å². The van der Waals surface area contributed by atoms with Crippen molar-refractivity contribution in [1.29, 1.82) is 0 Å². The van der Waals surface area contributed by atoms with Crippen molar-refractivity contribution in [1.82, 2.24) is 9.88 Å². The lowest BCUT2D eigenvalue weighted by atomic mass is 10.1. The largest absolute Gasteiger partial charge is 0.493 e. The molecular formula is C23H28N3O4+. The minimum absolute atomic E-state index is 0.0638. The number of quaternary nitrogens is 1. The van der Waals surface area contributed by atoms with Gasteiger partial charge in [-0.1, -0.05) is 18.2 Å². The summed E-state index contributed by atoms with van der Waals surface area (Å²) in [6.45, 7) is 4.00. The second kappa shape index (κ2) is 8.67. The van der Waals surface area contributed by atoms with Crippen LogP contribution in [0.4, 0.5) is 0 Å². The van der Waals surface area contributed by atoms with E-state index >= 15 is 0 Å². The highest BCUT2D eigenvalue weighted by molar-refractivity contribution is 5.98. The van der Waals surface area contributed by atoms with Crippen LogP contribution in [0.2, 0.25) is 0 Å². The summed E-state index contributed by atoms with van der Waals surface area (Å²) in [7, 11) is 4.88. The number of amides is 1. The first-order chi connectivity index (χ1) is 14.6. The number of fused-ring (bicyclic) bond motifs is 1. The molecule has 2 N–H and O–H groups in total. The van der Waals surface area contributed by atoms with Gasteiger partial charge in [-0.05, 0) is 24.3 Å². The van der Waals surface area contributed by atoms with Crippen molar-refractivity contribution >= 4 is 16.8 Å². The highest BCUT2D eigenvalue weighted by Crippen LogP contribution is 2.39. The first-order valence-electron chi connectivity index (χ1n) is 10.1. The zero-order valence-electron chi connectivity index (χ0n) is 17.7. The second-order valence-corrected chi connectivity index (χ2v) is 7.48. The summed E-state index contributed by atoms with van der Waals surface area (Å²) in [6.07, 6.45) is 0. The number of ether oxygens (including phenoxy) is 3. The van der Waals surface area contributed by atoms with E-state index in [1.165, 1.54) is 4.90 Å². The van der Waals surface area contributed by atoms with E-state index in [0.29, 0.717) is 22.9 Å². The Morgan fingerprint density at radius 2 is 1.73 bits per heavy atom. The molecule has 7 heteroatoms. The molecule has 0 aliphatic carbocycles. The molecule has 1 aliphatic rings. The van der Waals surface area contributed by atoms with E-state index in [0.717, 1.165) is 49.2 Å². The molecule has 3 aromatic rings. The molecule has 1 saturated heterocycles. The number of rotatable bonds is 6. The highest BCUT2D eigenvalue weighted by atomic mass is 16.5. The fourth-order valence-corrected chi connectivity index (χ4v) is 4.13. The number of hydrogen-bond donors (Lipinski definition) is 2. The van der Waals surface area contributed by atoms with Crippen LogP contribution in [0, 0.1) is 0 Å². The lowest BCUT2D eigenvalue weighted by Gasteiger charge is -2.32. The Bertz CT molecular complexity index is 1010. The van der Waals surface area contributed by atoms with Gasteiger partial charge in [-0.25, -0.2) is 0 Å². The van der Waals surface area contributed by atoms with Crippen LogP contribution in [-0.4, -0.2) is 63.3 Å². The predicted molar refractivity (Wildman–Crippen MR) is 115 cm³/mol. The Morgan fingerprint density at radius 3 is 2.40 bits per heavy atom. The number of carbonyl (C=O) groups excluding carboxylic acids is 1. The smallest absolute Gasteiger partial charge is 0.270 e. The second-order valence-electron chi connectivity index (χ2n) is 7.48. The molecule has 0 spiro atoms. The van der Waals surface area contributed by atoms with Gasteiger partial charge >= 0.3 is 0 Å². The molecule has 30 heavy (non-hydrogen) atoms. The Kier molecular flexibility index (Phi) is 5.81. The molecule has 1 aliphatic heterocycles. The van der Waals surface area contributed by atoms with Crippen LogP contribution in [-0.2, 0) is 6.54 Å². The number of nitrogens with zero attached hydrogens (tertiary/aromatic N) is 1. The summed E-state index contributed by atoms with van der Waals surface area (Å²) >= 11 is 0. The monoisotopic (exact) mass is 410 g/mol. The molecule has 1 fully saturated rings. The Morgan fingerprint density at radius 1 is 1.00 bits per heavy atom. The number of piperazine rings is 1. The van der Waals surface area contributed by atoms with Crippen molar-refractivity contribution in [2.24, 2.45) is 0 Å². The van der Waals surface area contributed by atoms with E-state index in [9.17, 15) is 4.79 Å². The maximum atomic E-state index is 12.9. The number of nitrogens with one attached hydrogen (secondary N) is 2. The predicted octanol–water partition coefficient (Wildman–Crippen LogP) is 1.73. The van der Waals surface area contributed by atoms with Gasteiger partial charge in [0.25, 0.3) is 5.91 Å². The van der Waals surface area contributed by atoms with Crippen molar-refractivity contribution < 1.29 is 23.9 Å². The molecular weight excluding hydrogens is 382 g/mol. The number of benzene rings is 2. The van der Waals surface area contributed by atoms with Crippen LogP contribution in [0.25, 0.3) is 10.9 Å². The highest BCUT2D eigenvalue weighted by Gasteiger charge is 2.27. The third-order valence-corrected chi connectivity index (χ3v) is 5.74. The maximum Gasteiger partial charge on any atom is 0.270 e. The molecule has 2 heterocycles. The van der Waals surface area contributed by atoms with Crippen LogP contribution in [0.1, 0.15) is 16.1 Å². The van der Waals surface area contributed by atoms with E-state index in [1.807, 2.05) is 47.4 Å². The van der Waals surface area contributed by atoms with Crippen LogP contribution in [0.3, 0.4) is 0 Å². The van der Waals surface area contributed by atoms with E-state index in [4.69, 9.17) is 14.2 Å². The van der Waals surface area contributed by atoms with Gasteiger partial charge in [0.05, 0.1) is 53.1 Å². The molecule has 1 amide bonds. The molecule has 0 saturated carbocycles. The number of H-pyrrole nitrogens is 1. The van der Waals surface area contributed by atoms with Crippen LogP contribution >= 0.6 is 0 Å². The average Bonchev–Trinajstić information content (AvgIpc) is 3.23. The van der Waals surface area contributed by atoms with Crippen LogP contribution in [0.15, 0.2) is 42.5 Å². The summed E-state index contributed by atoms with van der Waals surface area (Å²) in [4.78, 5) is 19.5. The van der Waals surface area contributed by atoms with Gasteiger partial charge in [-0.3, -0.25) is 4.79 Å². The van der Waals surface area contributed by atoms with Gasteiger partial charge in [0, 0.05) is 10.9 Å². The quantitative estimate of drug-likeness (QED) is 0.650. The molecule has 0 unspecified atom stereocenters. The average molecular weight is 410 g/mol. The summed E-state index contributed by atoms with van der Waals surface area (Å²) in [5.41, 5.74) is 2.72. The number of carbonyl (C=O) groups is 1. The van der Waals surface area contributed by atoms with Gasteiger partial charge < -0.3 is 29.0 Å². The fraction of sp³-hybridized carbons (Fsp3) is 0.348. The number of aromatic amines is 1. The van der Waals surface area contributed by atoms with Gasteiger partial charge in [-0.15, -0.1) is 0 Å². The number of para-hydroxylation sites is 1. The van der Waals surface area contributed by atoms with Crippen molar-refractivity contribution in [2.75, 3.05) is 47.5 Å². The fourth-order valence-electron chi connectivity index (χ4n) is 4.13. The number of hydrogen-bond acceptors (Lipinski definition) is 4. The molecule has 2 aromatic carbocycles. The van der Waals surface area contributed by atoms with Crippen LogP contribution in [0.5, 0.6) is 17.2 Å². The maximum absolute atomic E-state index is 12.9. The lowest BCUT2D eigenvalue weighted by Crippen LogP contribution is -3.13. The number of aromatic nitrogens is 1. The zero-order valence-corrected chi connectivity index (χ0v) is 17.7. The first-order valence-corrected chi connectivity index (χ1v) is 10.1. The Labute approximate surface area is 176 Å². The number of methoxy groups -OCH3 is 3. The summed E-state index contributed by atoms with van der Waals surface area (Å²) in [6, 6.07) is 13.8. The SMILES string of the molecule is COc1ccc(C[NH+]2CCN(C(=O)c3cc4ccccc4[nH]3)CC2)c(OC)c1OC. The van der Waals surface area contributed by atoms with Crippen molar-refractivity contribution in [3.8, 4) is 17.2 Å². The minimum Gasteiger partial charge on any atom is -0.493 e. The molecule has 1 aromatic heterocycles. The van der Waals surface area contributed by atoms with Crippen molar-refractivity contribution in [3.63, 3.8) is 0 Å². The molecule has 0 atom stereocenters. The Hall–Kier alpha value is -3.19. The summed E-state index contributed by atoms with van der Waals surface area (Å²) in [5.74, 6) is 2.04.